The van der Waals surface area contributed by atoms with Crippen molar-refractivity contribution in [2.45, 2.75) is 32.8 Å². The molecule has 1 aromatic rings. The van der Waals surface area contributed by atoms with Gasteiger partial charge in [-0.25, -0.2) is 0 Å². The zero-order chi connectivity index (χ0) is 9.68. The predicted octanol–water partition coefficient (Wildman–Crippen LogP) is 1.42. The second kappa shape index (κ2) is 5.14. The summed E-state index contributed by atoms with van der Waals surface area (Å²) in [5.41, 5.74) is 0. The van der Waals surface area contributed by atoms with Crippen molar-refractivity contribution in [1.82, 2.24) is 10.2 Å². The molecule has 1 atom stereocenters. The molecular formula is C8H15N3OS. The molecule has 1 heterocycles. The topological polar surface area (TPSA) is 58.0 Å². The molecule has 0 aromatic carbocycles. The fraction of sp³-hybridized carbons (Fsp3) is 0.750. The minimum atomic E-state index is -0.283. The Morgan fingerprint density at radius 2 is 2.31 bits per heavy atom. The van der Waals surface area contributed by atoms with Gasteiger partial charge in [0.25, 0.3) is 0 Å². The van der Waals surface area contributed by atoms with E-state index in [1.165, 1.54) is 11.3 Å². The van der Waals surface area contributed by atoms with E-state index >= 15 is 0 Å². The van der Waals surface area contributed by atoms with Gasteiger partial charge in [-0.2, -0.15) is 0 Å². The van der Waals surface area contributed by atoms with E-state index in [1.807, 2.05) is 6.92 Å². The van der Waals surface area contributed by atoms with Crippen molar-refractivity contribution in [3.63, 3.8) is 0 Å². The monoisotopic (exact) mass is 201 g/mol. The van der Waals surface area contributed by atoms with Crippen molar-refractivity contribution in [3.05, 3.63) is 5.01 Å². The zero-order valence-electron chi connectivity index (χ0n) is 7.95. The highest BCUT2D eigenvalue weighted by atomic mass is 32.1. The van der Waals surface area contributed by atoms with Crippen molar-refractivity contribution >= 4 is 16.5 Å². The Balaban J connectivity index is 2.26. The quantitative estimate of drug-likeness (QED) is 0.756. The molecule has 0 spiro atoms. The summed E-state index contributed by atoms with van der Waals surface area (Å²) in [7, 11) is 0. The standard InChI is InChI=1S/C8H15N3OS/c1-3-4-7(12)5-9-8-11-10-6(2)13-8/h7,12H,3-5H2,1-2H3,(H,9,11). The Kier molecular flexibility index (Phi) is 4.11. The third kappa shape index (κ3) is 3.69. The van der Waals surface area contributed by atoms with Gasteiger partial charge in [0.15, 0.2) is 0 Å². The van der Waals surface area contributed by atoms with Crippen LogP contribution in [0.25, 0.3) is 0 Å². The number of anilines is 1. The molecule has 1 unspecified atom stereocenters. The molecule has 13 heavy (non-hydrogen) atoms. The van der Waals surface area contributed by atoms with Crippen LogP contribution in [0.5, 0.6) is 0 Å². The highest BCUT2D eigenvalue weighted by Gasteiger charge is 2.04. The van der Waals surface area contributed by atoms with Gasteiger partial charge < -0.3 is 10.4 Å². The van der Waals surface area contributed by atoms with Gasteiger partial charge >= 0.3 is 0 Å². The number of rotatable bonds is 5. The fourth-order valence-electron chi connectivity index (χ4n) is 1.01. The smallest absolute Gasteiger partial charge is 0.205 e. The number of aliphatic hydroxyl groups excluding tert-OH is 1. The molecule has 4 nitrogen and oxygen atoms in total. The van der Waals surface area contributed by atoms with Gasteiger partial charge in [0, 0.05) is 6.54 Å². The number of nitrogens with one attached hydrogen (secondary N) is 1. The van der Waals surface area contributed by atoms with E-state index in [0.29, 0.717) is 6.54 Å². The fourth-order valence-corrected chi connectivity index (χ4v) is 1.61. The van der Waals surface area contributed by atoms with Crippen LogP contribution in [0, 0.1) is 6.92 Å². The Bertz CT molecular complexity index is 251. The summed E-state index contributed by atoms with van der Waals surface area (Å²) in [6.07, 6.45) is 1.54. The SMILES string of the molecule is CCCC(O)CNc1nnc(C)s1. The normalized spacial score (nSPS) is 12.8. The van der Waals surface area contributed by atoms with Crippen LogP contribution in [0.1, 0.15) is 24.8 Å². The molecule has 0 amide bonds. The number of hydrogen-bond donors (Lipinski definition) is 2. The number of nitrogens with zero attached hydrogens (tertiary/aromatic N) is 2. The lowest BCUT2D eigenvalue weighted by molar-refractivity contribution is 0.176. The Labute approximate surface area is 82.0 Å². The van der Waals surface area contributed by atoms with Crippen molar-refractivity contribution in [3.8, 4) is 0 Å². The van der Waals surface area contributed by atoms with Gasteiger partial charge in [0.2, 0.25) is 5.13 Å². The first-order valence-corrected chi connectivity index (χ1v) is 5.26. The summed E-state index contributed by atoms with van der Waals surface area (Å²) >= 11 is 1.50. The van der Waals surface area contributed by atoms with Crippen LogP contribution in [-0.2, 0) is 0 Å². The molecule has 2 N–H and O–H groups in total. The van der Waals surface area contributed by atoms with Gasteiger partial charge in [-0.1, -0.05) is 24.7 Å². The van der Waals surface area contributed by atoms with Crippen LogP contribution in [0.4, 0.5) is 5.13 Å². The van der Waals surface area contributed by atoms with Crippen molar-refractivity contribution in [2.24, 2.45) is 0 Å². The molecule has 0 aliphatic heterocycles. The molecule has 0 aliphatic rings. The summed E-state index contributed by atoms with van der Waals surface area (Å²) in [4.78, 5) is 0. The summed E-state index contributed by atoms with van der Waals surface area (Å²) in [6, 6.07) is 0. The first-order chi connectivity index (χ1) is 6.22. The molecule has 1 rings (SSSR count). The highest BCUT2D eigenvalue weighted by molar-refractivity contribution is 7.15. The molecular weight excluding hydrogens is 186 g/mol. The Hall–Kier alpha value is -0.680. The lowest BCUT2D eigenvalue weighted by Gasteiger charge is -2.08. The van der Waals surface area contributed by atoms with Crippen LogP contribution >= 0.6 is 11.3 Å². The number of hydrogen-bond acceptors (Lipinski definition) is 5. The lowest BCUT2D eigenvalue weighted by atomic mass is 10.2. The average Bonchev–Trinajstić information content (AvgIpc) is 2.49. The Morgan fingerprint density at radius 1 is 1.54 bits per heavy atom. The predicted molar refractivity (Wildman–Crippen MR) is 54.1 cm³/mol. The largest absolute Gasteiger partial charge is 0.391 e. The molecule has 1 aromatic heterocycles. The van der Waals surface area contributed by atoms with Gasteiger partial charge in [0.05, 0.1) is 6.10 Å². The first kappa shape index (κ1) is 10.4. The van der Waals surface area contributed by atoms with Crippen molar-refractivity contribution < 1.29 is 5.11 Å². The van der Waals surface area contributed by atoms with Crippen molar-refractivity contribution in [1.29, 1.82) is 0 Å². The van der Waals surface area contributed by atoms with Gasteiger partial charge in [0.1, 0.15) is 5.01 Å². The van der Waals surface area contributed by atoms with Crippen LogP contribution in [-0.4, -0.2) is 28.0 Å². The second-order valence-corrected chi connectivity index (χ2v) is 4.13. The molecule has 0 fully saturated rings. The zero-order valence-corrected chi connectivity index (χ0v) is 8.77. The third-order valence-corrected chi connectivity index (χ3v) is 2.43. The number of aliphatic hydroxyl groups is 1. The minimum Gasteiger partial charge on any atom is -0.391 e. The number of aromatic nitrogens is 2. The molecule has 5 heteroatoms. The van der Waals surface area contributed by atoms with Crippen LogP contribution < -0.4 is 5.32 Å². The maximum absolute atomic E-state index is 9.41. The van der Waals surface area contributed by atoms with E-state index in [2.05, 4.69) is 22.4 Å². The first-order valence-electron chi connectivity index (χ1n) is 4.44. The molecule has 74 valence electrons. The van der Waals surface area contributed by atoms with E-state index in [1.54, 1.807) is 0 Å². The van der Waals surface area contributed by atoms with Gasteiger partial charge in [-0.15, -0.1) is 10.2 Å². The summed E-state index contributed by atoms with van der Waals surface area (Å²) in [5.74, 6) is 0. The van der Waals surface area contributed by atoms with E-state index in [9.17, 15) is 5.11 Å². The van der Waals surface area contributed by atoms with Gasteiger partial charge in [-0.05, 0) is 13.3 Å². The average molecular weight is 201 g/mol. The van der Waals surface area contributed by atoms with E-state index in [4.69, 9.17) is 0 Å². The summed E-state index contributed by atoms with van der Waals surface area (Å²) in [5, 5.41) is 21.9. The van der Waals surface area contributed by atoms with Crippen LogP contribution in [0.15, 0.2) is 0 Å². The lowest BCUT2D eigenvalue weighted by Crippen LogP contribution is -2.18. The van der Waals surface area contributed by atoms with Crippen LogP contribution in [0.3, 0.4) is 0 Å². The Morgan fingerprint density at radius 3 is 2.85 bits per heavy atom. The van der Waals surface area contributed by atoms with Crippen LogP contribution in [0.2, 0.25) is 0 Å². The minimum absolute atomic E-state index is 0.283. The second-order valence-electron chi connectivity index (χ2n) is 2.95. The van der Waals surface area contributed by atoms with Crippen molar-refractivity contribution in [2.75, 3.05) is 11.9 Å². The summed E-state index contributed by atoms with van der Waals surface area (Å²) < 4.78 is 0. The maximum atomic E-state index is 9.41. The molecule has 0 saturated heterocycles. The molecule has 0 aliphatic carbocycles. The van der Waals surface area contributed by atoms with E-state index in [-0.39, 0.29) is 6.10 Å². The molecule has 0 bridgehead atoms. The summed E-state index contributed by atoms with van der Waals surface area (Å²) in [6.45, 7) is 4.52. The number of aryl methyl sites for hydroxylation is 1. The van der Waals surface area contributed by atoms with E-state index < -0.39 is 0 Å². The van der Waals surface area contributed by atoms with E-state index in [0.717, 1.165) is 23.0 Å². The highest BCUT2D eigenvalue weighted by Crippen LogP contribution is 2.13. The van der Waals surface area contributed by atoms with Gasteiger partial charge in [-0.3, -0.25) is 0 Å². The maximum Gasteiger partial charge on any atom is 0.205 e. The molecule has 0 radical (unpaired) electrons. The molecule has 0 saturated carbocycles. The third-order valence-electron chi connectivity index (χ3n) is 1.64.